The lowest BCUT2D eigenvalue weighted by molar-refractivity contribution is -0.115. The SMILES string of the molecule is Cc1cc(Br)ccc1NC(=O)CCNc1ncnc(N)c1Cl. The maximum atomic E-state index is 11.9. The summed E-state index contributed by atoms with van der Waals surface area (Å²) in [5, 5.41) is 6.08. The molecule has 0 aliphatic heterocycles. The van der Waals surface area contributed by atoms with Crippen LogP contribution in [0.15, 0.2) is 29.0 Å². The van der Waals surface area contributed by atoms with Crippen LogP contribution in [0.4, 0.5) is 17.3 Å². The second kappa shape index (κ2) is 7.42. The molecule has 2 aromatic rings. The lowest BCUT2D eigenvalue weighted by atomic mass is 10.2. The molecule has 0 radical (unpaired) electrons. The van der Waals surface area contributed by atoms with Crippen LogP contribution in [-0.4, -0.2) is 22.4 Å². The van der Waals surface area contributed by atoms with Crippen LogP contribution in [0, 0.1) is 6.92 Å². The number of nitrogens with zero attached hydrogens (tertiary/aromatic N) is 2. The maximum Gasteiger partial charge on any atom is 0.226 e. The summed E-state index contributed by atoms with van der Waals surface area (Å²) in [6.07, 6.45) is 1.59. The van der Waals surface area contributed by atoms with Crippen LogP contribution in [0.5, 0.6) is 0 Å². The lowest BCUT2D eigenvalue weighted by Gasteiger charge is -2.10. The van der Waals surface area contributed by atoms with E-state index < -0.39 is 0 Å². The van der Waals surface area contributed by atoms with Crippen LogP contribution < -0.4 is 16.4 Å². The molecule has 1 aromatic heterocycles. The van der Waals surface area contributed by atoms with Crippen molar-refractivity contribution >= 4 is 50.8 Å². The first kappa shape index (κ1) is 16.5. The summed E-state index contributed by atoms with van der Waals surface area (Å²) in [6, 6.07) is 5.67. The van der Waals surface area contributed by atoms with Crippen LogP contribution in [0.1, 0.15) is 12.0 Å². The van der Waals surface area contributed by atoms with Gasteiger partial charge in [-0.15, -0.1) is 0 Å². The van der Waals surface area contributed by atoms with Crippen LogP contribution in [-0.2, 0) is 4.79 Å². The van der Waals surface area contributed by atoms with Gasteiger partial charge in [0.2, 0.25) is 5.91 Å². The van der Waals surface area contributed by atoms with E-state index in [9.17, 15) is 4.79 Å². The minimum absolute atomic E-state index is 0.101. The van der Waals surface area contributed by atoms with Crippen molar-refractivity contribution in [3.05, 3.63) is 39.6 Å². The van der Waals surface area contributed by atoms with Gasteiger partial charge in [-0.2, -0.15) is 0 Å². The Labute approximate surface area is 141 Å². The number of nitrogens with two attached hydrogens (primary N) is 1. The molecule has 22 heavy (non-hydrogen) atoms. The standard InChI is InChI=1S/C14H15BrClN5O/c1-8-6-9(15)2-3-10(8)21-11(22)4-5-18-14-12(16)13(17)19-7-20-14/h2-3,6-7H,4-5H2,1H3,(H,21,22)(H3,17,18,19,20). The highest BCUT2D eigenvalue weighted by molar-refractivity contribution is 9.10. The van der Waals surface area contributed by atoms with Gasteiger partial charge in [0.05, 0.1) is 0 Å². The third-order valence-electron chi connectivity index (χ3n) is 2.92. The zero-order valence-corrected chi connectivity index (χ0v) is 14.2. The molecule has 4 N–H and O–H groups in total. The molecular formula is C14H15BrClN5O. The van der Waals surface area contributed by atoms with Crippen molar-refractivity contribution in [2.75, 3.05) is 22.9 Å². The Hall–Kier alpha value is -1.86. The molecule has 0 saturated carbocycles. The first-order valence-corrected chi connectivity index (χ1v) is 7.70. The van der Waals surface area contributed by atoms with Gasteiger partial charge in [0.1, 0.15) is 23.0 Å². The van der Waals surface area contributed by atoms with Gasteiger partial charge in [-0.1, -0.05) is 27.5 Å². The molecule has 0 aliphatic rings. The van der Waals surface area contributed by atoms with E-state index in [4.69, 9.17) is 17.3 Å². The Balaban J connectivity index is 1.87. The molecule has 2 rings (SSSR count). The smallest absolute Gasteiger partial charge is 0.226 e. The van der Waals surface area contributed by atoms with Gasteiger partial charge in [0, 0.05) is 23.1 Å². The number of amides is 1. The molecule has 0 spiro atoms. The Morgan fingerprint density at radius 3 is 2.91 bits per heavy atom. The molecule has 116 valence electrons. The van der Waals surface area contributed by atoms with Crippen molar-refractivity contribution in [2.45, 2.75) is 13.3 Å². The molecule has 0 aliphatic carbocycles. The topological polar surface area (TPSA) is 92.9 Å². The number of rotatable bonds is 5. The number of halogens is 2. The van der Waals surface area contributed by atoms with Crippen LogP contribution >= 0.6 is 27.5 Å². The molecular weight excluding hydrogens is 370 g/mol. The highest BCUT2D eigenvalue weighted by atomic mass is 79.9. The van der Waals surface area contributed by atoms with Crippen LogP contribution in [0.25, 0.3) is 0 Å². The van der Waals surface area contributed by atoms with Gasteiger partial charge < -0.3 is 16.4 Å². The number of benzene rings is 1. The monoisotopic (exact) mass is 383 g/mol. The van der Waals surface area contributed by atoms with E-state index in [1.165, 1.54) is 6.33 Å². The van der Waals surface area contributed by atoms with E-state index in [0.717, 1.165) is 15.7 Å². The lowest BCUT2D eigenvalue weighted by Crippen LogP contribution is -2.17. The second-order valence-corrected chi connectivity index (χ2v) is 5.90. The quantitative estimate of drug-likeness (QED) is 0.736. The van der Waals surface area contributed by atoms with E-state index in [1.54, 1.807) is 0 Å². The number of carbonyl (C=O) groups is 1. The number of aromatic nitrogens is 2. The highest BCUT2D eigenvalue weighted by Crippen LogP contribution is 2.23. The summed E-state index contributed by atoms with van der Waals surface area (Å²) in [5.74, 6) is 0.520. The molecule has 0 bridgehead atoms. The van der Waals surface area contributed by atoms with Crippen molar-refractivity contribution in [3.8, 4) is 0 Å². The number of nitrogens with one attached hydrogen (secondary N) is 2. The largest absolute Gasteiger partial charge is 0.382 e. The van der Waals surface area contributed by atoms with Crippen LogP contribution in [0.2, 0.25) is 5.02 Å². The predicted octanol–water partition coefficient (Wildman–Crippen LogP) is 3.22. The summed E-state index contributed by atoms with van der Waals surface area (Å²) in [4.78, 5) is 19.7. The molecule has 1 aromatic carbocycles. The van der Waals surface area contributed by atoms with E-state index in [2.05, 4.69) is 36.5 Å². The van der Waals surface area contributed by atoms with Gasteiger partial charge in [0.25, 0.3) is 0 Å². The normalized spacial score (nSPS) is 10.3. The van der Waals surface area contributed by atoms with Crippen molar-refractivity contribution < 1.29 is 4.79 Å². The second-order valence-electron chi connectivity index (χ2n) is 4.61. The van der Waals surface area contributed by atoms with Gasteiger partial charge in [0.15, 0.2) is 0 Å². The van der Waals surface area contributed by atoms with Gasteiger partial charge in [-0.05, 0) is 30.7 Å². The zero-order valence-electron chi connectivity index (χ0n) is 11.9. The number of nitrogen functional groups attached to an aromatic ring is 1. The zero-order chi connectivity index (χ0) is 16.1. The van der Waals surface area contributed by atoms with Crippen LogP contribution in [0.3, 0.4) is 0 Å². The first-order chi connectivity index (χ1) is 10.5. The summed E-state index contributed by atoms with van der Waals surface area (Å²) in [6.45, 7) is 2.32. The average molecular weight is 385 g/mol. The predicted molar refractivity (Wildman–Crippen MR) is 92.1 cm³/mol. The fourth-order valence-electron chi connectivity index (χ4n) is 1.78. The van der Waals surface area contributed by atoms with Crippen molar-refractivity contribution in [2.24, 2.45) is 0 Å². The number of aryl methyl sites for hydroxylation is 1. The Morgan fingerprint density at radius 1 is 1.41 bits per heavy atom. The minimum Gasteiger partial charge on any atom is -0.382 e. The number of carbonyl (C=O) groups excluding carboxylic acids is 1. The number of hydrogen-bond donors (Lipinski definition) is 3. The number of anilines is 3. The van der Waals surface area contributed by atoms with E-state index >= 15 is 0 Å². The summed E-state index contributed by atoms with van der Waals surface area (Å²) in [5.41, 5.74) is 7.35. The summed E-state index contributed by atoms with van der Waals surface area (Å²) < 4.78 is 0.973. The Kier molecular flexibility index (Phi) is 5.57. The molecule has 1 amide bonds. The summed E-state index contributed by atoms with van der Waals surface area (Å²) >= 11 is 9.34. The van der Waals surface area contributed by atoms with Gasteiger partial charge in [-0.25, -0.2) is 9.97 Å². The van der Waals surface area contributed by atoms with Crippen molar-refractivity contribution in [3.63, 3.8) is 0 Å². The van der Waals surface area contributed by atoms with E-state index in [0.29, 0.717) is 12.4 Å². The van der Waals surface area contributed by atoms with Gasteiger partial charge in [-0.3, -0.25) is 4.79 Å². The number of hydrogen-bond acceptors (Lipinski definition) is 5. The summed E-state index contributed by atoms with van der Waals surface area (Å²) in [7, 11) is 0. The average Bonchev–Trinajstić information content (AvgIpc) is 2.46. The molecule has 6 nitrogen and oxygen atoms in total. The van der Waals surface area contributed by atoms with Gasteiger partial charge >= 0.3 is 0 Å². The Bertz CT molecular complexity index is 695. The van der Waals surface area contributed by atoms with Crippen molar-refractivity contribution in [1.82, 2.24) is 9.97 Å². The van der Waals surface area contributed by atoms with Crippen molar-refractivity contribution in [1.29, 1.82) is 0 Å². The third-order valence-corrected chi connectivity index (χ3v) is 3.79. The molecule has 1 heterocycles. The molecule has 0 saturated heterocycles. The fourth-order valence-corrected chi connectivity index (χ4v) is 2.42. The van der Waals surface area contributed by atoms with E-state index in [1.807, 2.05) is 25.1 Å². The minimum atomic E-state index is -0.101. The molecule has 0 unspecified atom stereocenters. The van der Waals surface area contributed by atoms with E-state index in [-0.39, 0.29) is 23.2 Å². The third kappa shape index (κ3) is 4.32. The highest BCUT2D eigenvalue weighted by Gasteiger charge is 2.08. The fraction of sp³-hybridized carbons (Fsp3) is 0.214. The molecule has 0 atom stereocenters. The maximum absolute atomic E-state index is 11.9. The molecule has 0 fully saturated rings. The first-order valence-electron chi connectivity index (χ1n) is 6.53. The Morgan fingerprint density at radius 2 is 2.18 bits per heavy atom. The molecule has 8 heteroatoms.